The molecule has 1 aromatic heterocycles. The summed E-state index contributed by atoms with van der Waals surface area (Å²) in [6.45, 7) is 9.59. The predicted octanol–water partition coefficient (Wildman–Crippen LogP) is 2.77. The van der Waals surface area contributed by atoms with Crippen LogP contribution in [0, 0.1) is 23.7 Å². The molecule has 0 saturated carbocycles. The molecule has 3 aliphatic rings. The summed E-state index contributed by atoms with van der Waals surface area (Å²) in [5.74, 6) is -10.7. The Morgan fingerprint density at radius 3 is 2.21 bits per heavy atom. The third-order valence-corrected chi connectivity index (χ3v) is 19.1. The van der Waals surface area contributed by atoms with Crippen LogP contribution >= 0.6 is 33.3 Å². The number of rotatable bonds is 17. The molecule has 1 fully saturated rings. The third kappa shape index (κ3) is 18.0. The van der Waals surface area contributed by atoms with Gasteiger partial charge in [0.05, 0.1) is 48.6 Å². The van der Waals surface area contributed by atoms with Crippen molar-refractivity contribution in [3.63, 3.8) is 0 Å². The highest BCUT2D eigenvalue weighted by Gasteiger charge is 2.44. The number of nitrogens with one attached hydrogen (secondary N) is 7. The number of hydrogen-bond acceptors (Lipinski definition) is 15. The van der Waals surface area contributed by atoms with Gasteiger partial charge in [0, 0.05) is 85.2 Å². The third-order valence-electron chi connectivity index (χ3n) is 14.5. The minimum atomic E-state index is -1.55. The molecule has 2 bridgehead atoms. The Kier molecular flexibility index (Phi) is 23.5. The second-order valence-corrected chi connectivity index (χ2v) is 25.2. The first-order chi connectivity index (χ1) is 36.4. The molecule has 0 aliphatic carbocycles. The number of ketones is 3. The molecule has 424 valence electrons. The van der Waals surface area contributed by atoms with E-state index in [0.717, 1.165) is 16.7 Å². The van der Waals surface area contributed by atoms with E-state index < -0.39 is 139 Å². The van der Waals surface area contributed by atoms with Gasteiger partial charge in [-0.15, -0.1) is 11.8 Å². The normalized spacial score (nSPS) is 24.6. The molecule has 9 atom stereocenters. The van der Waals surface area contributed by atoms with Crippen molar-refractivity contribution in [1.82, 2.24) is 41.8 Å². The largest absolute Gasteiger partial charge is 0.481 e. The molecule has 77 heavy (non-hydrogen) atoms. The van der Waals surface area contributed by atoms with Crippen LogP contribution in [0.1, 0.15) is 117 Å². The Hall–Kier alpha value is -5.46. The van der Waals surface area contributed by atoms with E-state index >= 15 is 0 Å². The summed E-state index contributed by atoms with van der Waals surface area (Å²) in [6.07, 6.45) is -0.709. The number of hydrogen-bond donors (Lipinski definition) is 9. The second kappa shape index (κ2) is 29.0. The van der Waals surface area contributed by atoms with Crippen molar-refractivity contribution in [2.45, 2.75) is 159 Å². The quantitative estimate of drug-likeness (QED) is 0.0813. The van der Waals surface area contributed by atoms with Crippen LogP contribution in [0.3, 0.4) is 0 Å². The lowest BCUT2D eigenvalue weighted by atomic mass is 9.86. The van der Waals surface area contributed by atoms with Gasteiger partial charge in [-0.25, -0.2) is 0 Å². The van der Waals surface area contributed by atoms with Gasteiger partial charge in [-0.2, -0.15) is 0 Å². The highest BCUT2D eigenvalue weighted by molar-refractivity contribution is 8.77. The van der Waals surface area contributed by atoms with E-state index in [0.29, 0.717) is 71.3 Å². The second-order valence-electron chi connectivity index (χ2n) is 21.1. The molecule has 1 aromatic carbocycles. The van der Waals surface area contributed by atoms with E-state index in [9.17, 15) is 63.0 Å². The van der Waals surface area contributed by atoms with E-state index in [1.807, 2.05) is 6.07 Å². The van der Waals surface area contributed by atoms with Gasteiger partial charge >= 0.3 is 5.97 Å². The van der Waals surface area contributed by atoms with Crippen molar-refractivity contribution >= 4 is 109 Å². The topological polar surface area (TPSA) is 319 Å². The van der Waals surface area contributed by atoms with Gasteiger partial charge < -0.3 is 52.0 Å². The minimum absolute atomic E-state index is 0.0140. The maximum atomic E-state index is 14.8. The molecular formula is C53H76N8O13S3. The molecule has 1 unspecified atom stereocenters. The van der Waals surface area contributed by atoms with Crippen molar-refractivity contribution in [1.29, 1.82) is 0 Å². The zero-order valence-corrected chi connectivity index (χ0v) is 47.5. The van der Waals surface area contributed by atoms with Crippen LogP contribution in [-0.4, -0.2) is 158 Å². The standard InChI is InChI=1S/C53H76N8O13S3/c1-8-28(3)46-41(65)20-31-19-36-35-18-30(17-33(62)11-10-16-76-77-53(5,6)15-14-42(66)54-7)12-13-37(35)58-51(36)75-27-38(57-43(67)24-56-50(73)47(29(4)9-2)59-44(68)25-55-48(31)71)40(64)21-32(22-45(69)70)52(74)61-26-34(63)23-39(61)49(72)60-46/h12-13,18,28-29,31-32,34,38-39,46-47,58,63H,8-11,14-17,19-27H2,1-7H3,(H,54,66)(H,55,71)(H,56,73)(H,57,67)(H,59,68)(H,60,72)(H,69,70)/t28?,29-,31+,32-,34+,38-,39-,46-,47-/m0/s1. The molecule has 2 aromatic rings. The fourth-order valence-electron chi connectivity index (χ4n) is 9.56. The van der Waals surface area contributed by atoms with E-state index in [-0.39, 0.29) is 48.0 Å². The molecular weight excluding hydrogens is 1050 g/mol. The molecule has 7 amide bonds. The fraction of sp³-hybridized carbons (Fsp3) is 0.642. The average molecular weight is 1130 g/mol. The number of aromatic nitrogens is 1. The summed E-state index contributed by atoms with van der Waals surface area (Å²) in [6, 6.07) is 0.230. The lowest BCUT2D eigenvalue weighted by Crippen LogP contribution is -2.55. The van der Waals surface area contributed by atoms with Crippen LogP contribution in [0.2, 0.25) is 0 Å². The van der Waals surface area contributed by atoms with E-state index in [4.69, 9.17) is 0 Å². The highest BCUT2D eigenvalue weighted by Crippen LogP contribution is 2.39. The van der Waals surface area contributed by atoms with Crippen molar-refractivity contribution in [2.24, 2.45) is 23.7 Å². The zero-order chi connectivity index (χ0) is 56.7. The number of aliphatic hydroxyl groups is 1. The Labute approximate surface area is 461 Å². The first-order valence-corrected chi connectivity index (χ1v) is 29.7. The van der Waals surface area contributed by atoms with Gasteiger partial charge in [0.25, 0.3) is 0 Å². The van der Waals surface area contributed by atoms with Gasteiger partial charge in [-0.3, -0.25) is 52.7 Å². The summed E-state index contributed by atoms with van der Waals surface area (Å²) < 4.78 is -0.149. The van der Waals surface area contributed by atoms with Crippen molar-refractivity contribution in [3.8, 4) is 0 Å². The number of H-pyrrole nitrogens is 1. The van der Waals surface area contributed by atoms with Crippen LogP contribution in [0.25, 0.3) is 10.9 Å². The summed E-state index contributed by atoms with van der Waals surface area (Å²) in [7, 11) is 4.93. The van der Waals surface area contributed by atoms with Crippen molar-refractivity contribution in [2.75, 3.05) is 38.2 Å². The highest BCUT2D eigenvalue weighted by atomic mass is 33.1. The monoisotopic (exact) mass is 1130 g/mol. The minimum Gasteiger partial charge on any atom is -0.481 e. The molecule has 1 saturated heterocycles. The van der Waals surface area contributed by atoms with Gasteiger partial charge in [0.15, 0.2) is 11.6 Å². The molecule has 9 N–H and O–H groups in total. The molecule has 0 radical (unpaired) electrons. The van der Waals surface area contributed by atoms with Crippen LogP contribution in [0.15, 0.2) is 23.2 Å². The van der Waals surface area contributed by atoms with Gasteiger partial charge in [0.1, 0.15) is 17.9 Å². The molecule has 5 rings (SSSR count). The number of carboxylic acid groups (broad SMARTS) is 1. The van der Waals surface area contributed by atoms with Gasteiger partial charge in [-0.1, -0.05) is 68.2 Å². The maximum absolute atomic E-state index is 14.8. The van der Waals surface area contributed by atoms with Crippen molar-refractivity contribution in [3.05, 3.63) is 29.3 Å². The molecule has 4 heterocycles. The number of thioether (sulfide) groups is 1. The predicted molar refractivity (Wildman–Crippen MR) is 293 cm³/mol. The number of benzene rings is 1. The number of amides is 7. The first kappa shape index (κ1) is 62.4. The van der Waals surface area contributed by atoms with Gasteiger partial charge in [0.2, 0.25) is 41.4 Å². The Balaban J connectivity index is 1.60. The SMILES string of the molecule is CCC(C)[C@@H]1NC(=O)[C@@H]2C[C@@H](O)CN2C(=O)[C@H](CC(=O)O)CC(=O)[C@@H]2CSc3[nH]c4ccc(CC(=O)CCCSSC(C)(C)CCC(=O)NC)cc4c3C[C@H](CC1=O)C(=O)NCC(=O)N[C@@H]([C@@H](C)CC)C(=O)NCC(=O)N2. The fourth-order valence-corrected chi connectivity index (χ4v) is 13.4. The summed E-state index contributed by atoms with van der Waals surface area (Å²) >= 11 is 1.08. The molecule has 0 spiro atoms. The molecule has 21 nitrogen and oxygen atoms in total. The maximum Gasteiger partial charge on any atom is 0.304 e. The Morgan fingerprint density at radius 2 is 1.53 bits per heavy atom. The number of carbonyl (C=O) groups is 11. The van der Waals surface area contributed by atoms with Crippen LogP contribution in [-0.2, 0) is 65.6 Å². The molecule has 3 aliphatic heterocycles. The number of nitrogens with zero attached hydrogens (tertiary/aromatic N) is 1. The molecule has 24 heteroatoms. The smallest absolute Gasteiger partial charge is 0.304 e. The summed E-state index contributed by atoms with van der Waals surface area (Å²) in [5, 5.41) is 37.8. The number of fused-ring (bicyclic) bond motifs is 5. The Morgan fingerprint density at radius 1 is 0.857 bits per heavy atom. The number of carbonyl (C=O) groups excluding carboxylic acids is 10. The average Bonchev–Trinajstić information content (AvgIpc) is 3.97. The number of aromatic amines is 1. The number of aliphatic hydroxyl groups excluding tert-OH is 1. The Bertz CT molecular complexity index is 2540. The van der Waals surface area contributed by atoms with Crippen LogP contribution < -0.4 is 31.9 Å². The van der Waals surface area contributed by atoms with Crippen LogP contribution in [0.4, 0.5) is 0 Å². The van der Waals surface area contributed by atoms with Gasteiger partial charge in [-0.05, 0) is 68.2 Å². The van der Waals surface area contributed by atoms with Crippen molar-refractivity contribution < 1.29 is 63.0 Å². The van der Waals surface area contributed by atoms with E-state index in [1.165, 1.54) is 0 Å². The first-order valence-electron chi connectivity index (χ1n) is 26.4. The number of Topliss-reactive ketones (excluding diaryl/α,β-unsaturated/α-hetero) is 3. The van der Waals surface area contributed by atoms with Crippen LogP contribution in [0.5, 0.6) is 0 Å². The lowest BCUT2D eigenvalue weighted by Gasteiger charge is -2.31. The summed E-state index contributed by atoms with van der Waals surface area (Å²) in [4.78, 5) is 156. The summed E-state index contributed by atoms with van der Waals surface area (Å²) in [5.41, 5.74) is 1.73. The zero-order valence-electron chi connectivity index (χ0n) is 45.0. The number of carboxylic acids is 1. The number of aliphatic carboxylic acids is 1. The van der Waals surface area contributed by atoms with E-state index in [2.05, 4.69) is 50.7 Å². The lowest BCUT2D eigenvalue weighted by molar-refractivity contribution is -0.148. The van der Waals surface area contributed by atoms with E-state index in [1.54, 1.807) is 68.5 Å².